The Kier molecular flexibility index (Phi) is 3.49. The molecule has 1 atom stereocenters. The van der Waals surface area contributed by atoms with Gasteiger partial charge in [0.2, 0.25) is 0 Å². The van der Waals surface area contributed by atoms with E-state index in [1.807, 2.05) is 13.8 Å². The van der Waals surface area contributed by atoms with E-state index in [0.29, 0.717) is 24.7 Å². The van der Waals surface area contributed by atoms with Crippen molar-refractivity contribution in [1.29, 1.82) is 0 Å². The number of hydrogen-bond acceptors (Lipinski definition) is 5. The van der Waals surface area contributed by atoms with E-state index in [2.05, 4.69) is 4.98 Å². The maximum absolute atomic E-state index is 5.67. The second-order valence-corrected chi connectivity index (χ2v) is 4.54. The number of ether oxygens (including phenoxy) is 3. The highest BCUT2D eigenvalue weighted by atomic mass is 16.7. The van der Waals surface area contributed by atoms with Gasteiger partial charge in [0.25, 0.3) is 0 Å². The number of aromatic nitrogens is 1. The minimum absolute atomic E-state index is 0.0963. The Hall–Kier alpha value is -1.33. The molecular weight excluding hydrogens is 220 g/mol. The Morgan fingerprint density at radius 2 is 2.35 bits per heavy atom. The lowest BCUT2D eigenvalue weighted by Gasteiger charge is -2.17. The summed E-state index contributed by atoms with van der Waals surface area (Å²) < 4.78 is 16.7. The van der Waals surface area contributed by atoms with E-state index in [1.165, 1.54) is 0 Å². The molecule has 1 aromatic rings. The molecule has 0 spiro atoms. The third-order valence-electron chi connectivity index (χ3n) is 2.51. The smallest absolute Gasteiger partial charge is 0.163 e. The molecule has 2 rings (SSSR count). The summed E-state index contributed by atoms with van der Waals surface area (Å²) >= 11 is 0. The molecule has 0 saturated carbocycles. The van der Waals surface area contributed by atoms with Gasteiger partial charge >= 0.3 is 0 Å². The van der Waals surface area contributed by atoms with Crippen LogP contribution in [0.3, 0.4) is 0 Å². The molecule has 5 nitrogen and oxygen atoms in total. The van der Waals surface area contributed by atoms with Gasteiger partial charge in [0.05, 0.1) is 37.4 Å². The quantitative estimate of drug-likeness (QED) is 0.862. The van der Waals surface area contributed by atoms with Crippen molar-refractivity contribution >= 4 is 5.69 Å². The van der Waals surface area contributed by atoms with Crippen molar-refractivity contribution in [2.75, 3.05) is 18.9 Å². The van der Waals surface area contributed by atoms with Crippen LogP contribution in [0.25, 0.3) is 0 Å². The summed E-state index contributed by atoms with van der Waals surface area (Å²) in [5.41, 5.74) is 6.20. The number of rotatable bonds is 4. The van der Waals surface area contributed by atoms with Crippen LogP contribution in [0.2, 0.25) is 0 Å². The molecule has 1 saturated heterocycles. The van der Waals surface area contributed by atoms with Gasteiger partial charge in [-0.2, -0.15) is 0 Å². The number of nitrogens with zero attached hydrogens (tertiary/aromatic N) is 1. The molecule has 1 aliphatic heterocycles. The first-order valence-corrected chi connectivity index (χ1v) is 5.70. The average molecular weight is 238 g/mol. The van der Waals surface area contributed by atoms with Gasteiger partial charge in [0.1, 0.15) is 5.75 Å². The van der Waals surface area contributed by atoms with Gasteiger partial charge in [-0.25, -0.2) is 0 Å². The van der Waals surface area contributed by atoms with Crippen LogP contribution in [0.15, 0.2) is 18.5 Å². The highest BCUT2D eigenvalue weighted by molar-refractivity contribution is 5.39. The normalized spacial score (nSPS) is 22.6. The largest absolute Gasteiger partial charge is 0.492 e. The highest BCUT2D eigenvalue weighted by Crippen LogP contribution is 2.24. The zero-order chi connectivity index (χ0) is 12.3. The van der Waals surface area contributed by atoms with Crippen LogP contribution >= 0.6 is 0 Å². The van der Waals surface area contributed by atoms with Crippen molar-refractivity contribution in [1.82, 2.24) is 4.98 Å². The Bertz CT molecular complexity index is 382. The lowest BCUT2D eigenvalue weighted by Crippen LogP contribution is -2.22. The van der Waals surface area contributed by atoms with Crippen molar-refractivity contribution in [2.24, 2.45) is 0 Å². The Labute approximate surface area is 101 Å². The Morgan fingerprint density at radius 1 is 1.53 bits per heavy atom. The molecular formula is C12H18N2O3. The maximum atomic E-state index is 5.67. The van der Waals surface area contributed by atoms with Crippen molar-refractivity contribution in [2.45, 2.75) is 32.2 Å². The predicted molar refractivity (Wildman–Crippen MR) is 63.7 cm³/mol. The molecule has 0 radical (unpaired) electrons. The molecule has 0 amide bonds. The number of nitrogen functional groups attached to an aromatic ring is 1. The van der Waals surface area contributed by atoms with Crippen molar-refractivity contribution < 1.29 is 14.2 Å². The lowest BCUT2D eigenvalue weighted by atomic mass is 10.3. The molecule has 94 valence electrons. The van der Waals surface area contributed by atoms with Crippen molar-refractivity contribution in [3.05, 3.63) is 18.5 Å². The minimum Gasteiger partial charge on any atom is -0.492 e. The third-order valence-corrected chi connectivity index (χ3v) is 2.51. The summed E-state index contributed by atoms with van der Waals surface area (Å²) in [6.45, 7) is 5.01. The first-order chi connectivity index (χ1) is 8.05. The summed E-state index contributed by atoms with van der Waals surface area (Å²) in [5, 5.41) is 0. The van der Waals surface area contributed by atoms with Gasteiger partial charge in [-0.15, -0.1) is 0 Å². The maximum Gasteiger partial charge on any atom is 0.163 e. The fourth-order valence-electron chi connectivity index (χ4n) is 1.73. The van der Waals surface area contributed by atoms with Crippen LogP contribution in [0.1, 0.15) is 20.3 Å². The Balaban J connectivity index is 1.73. The first-order valence-electron chi connectivity index (χ1n) is 5.70. The second kappa shape index (κ2) is 4.89. The lowest BCUT2D eigenvalue weighted by molar-refractivity contribution is -0.139. The fourth-order valence-corrected chi connectivity index (χ4v) is 1.73. The third kappa shape index (κ3) is 3.57. The fraction of sp³-hybridized carbons (Fsp3) is 0.583. The number of nitrogens with two attached hydrogens (primary N) is 1. The molecule has 0 bridgehead atoms. The molecule has 2 N–H and O–H groups in total. The molecule has 0 aromatic carbocycles. The molecule has 1 unspecified atom stereocenters. The summed E-state index contributed by atoms with van der Waals surface area (Å²) in [7, 11) is 0. The van der Waals surface area contributed by atoms with E-state index in [4.69, 9.17) is 19.9 Å². The molecule has 1 aliphatic rings. The van der Waals surface area contributed by atoms with E-state index in [9.17, 15) is 0 Å². The summed E-state index contributed by atoms with van der Waals surface area (Å²) in [5.74, 6) is 0.215. The zero-order valence-electron chi connectivity index (χ0n) is 10.2. The van der Waals surface area contributed by atoms with E-state index in [1.54, 1.807) is 18.5 Å². The van der Waals surface area contributed by atoms with Crippen LogP contribution in [0.4, 0.5) is 5.69 Å². The standard InChI is InChI=1S/C12H18N2O3/c1-12(2)16-8-10(17-12)3-4-15-11-5-9(13)6-14-7-11/h5-7,10H,3-4,8,13H2,1-2H3. The van der Waals surface area contributed by atoms with Gasteiger partial charge in [-0.1, -0.05) is 0 Å². The molecule has 2 heterocycles. The van der Waals surface area contributed by atoms with Crippen LogP contribution in [-0.2, 0) is 9.47 Å². The van der Waals surface area contributed by atoms with Crippen molar-refractivity contribution in [3.63, 3.8) is 0 Å². The Morgan fingerprint density at radius 3 is 3.00 bits per heavy atom. The average Bonchev–Trinajstić information content (AvgIpc) is 2.58. The van der Waals surface area contributed by atoms with Crippen molar-refractivity contribution in [3.8, 4) is 5.75 Å². The van der Waals surface area contributed by atoms with Crippen LogP contribution in [-0.4, -0.2) is 30.1 Å². The van der Waals surface area contributed by atoms with Gasteiger partial charge in [-0.05, 0) is 13.8 Å². The van der Waals surface area contributed by atoms with E-state index < -0.39 is 5.79 Å². The van der Waals surface area contributed by atoms with E-state index >= 15 is 0 Å². The molecule has 5 heteroatoms. The number of anilines is 1. The minimum atomic E-state index is -0.469. The van der Waals surface area contributed by atoms with Gasteiger partial charge in [0, 0.05) is 12.5 Å². The predicted octanol–water partition coefficient (Wildman–Crippen LogP) is 1.58. The molecule has 1 aromatic heterocycles. The molecule has 1 fully saturated rings. The SMILES string of the molecule is CC1(C)OCC(CCOc2cncc(N)c2)O1. The summed E-state index contributed by atoms with van der Waals surface area (Å²) in [6.07, 6.45) is 4.12. The van der Waals surface area contributed by atoms with E-state index in [0.717, 1.165) is 6.42 Å². The topological polar surface area (TPSA) is 66.6 Å². The first kappa shape index (κ1) is 12.1. The van der Waals surface area contributed by atoms with Gasteiger partial charge < -0.3 is 19.9 Å². The van der Waals surface area contributed by atoms with E-state index in [-0.39, 0.29) is 6.10 Å². The highest BCUT2D eigenvalue weighted by Gasteiger charge is 2.32. The van der Waals surface area contributed by atoms with Crippen LogP contribution in [0.5, 0.6) is 5.75 Å². The monoisotopic (exact) mass is 238 g/mol. The van der Waals surface area contributed by atoms with Crippen LogP contribution in [0, 0.1) is 0 Å². The second-order valence-electron chi connectivity index (χ2n) is 4.54. The van der Waals surface area contributed by atoms with Gasteiger partial charge in [0.15, 0.2) is 5.79 Å². The summed E-state index contributed by atoms with van der Waals surface area (Å²) in [4.78, 5) is 3.95. The van der Waals surface area contributed by atoms with Gasteiger partial charge in [-0.3, -0.25) is 4.98 Å². The molecule has 0 aliphatic carbocycles. The molecule has 17 heavy (non-hydrogen) atoms. The summed E-state index contributed by atoms with van der Waals surface area (Å²) in [6, 6.07) is 1.75. The number of pyridine rings is 1. The number of hydrogen-bond donors (Lipinski definition) is 1. The van der Waals surface area contributed by atoms with Crippen LogP contribution < -0.4 is 10.5 Å². The zero-order valence-corrected chi connectivity index (χ0v) is 10.2.